The van der Waals surface area contributed by atoms with Gasteiger partial charge >= 0.3 is 33.2 Å². The van der Waals surface area contributed by atoms with E-state index in [1.807, 2.05) is 97.1 Å². The summed E-state index contributed by atoms with van der Waals surface area (Å²) in [7, 11) is 9.47. The van der Waals surface area contributed by atoms with Crippen LogP contribution in [-0.2, 0) is 12.9 Å². The fourth-order valence-corrected chi connectivity index (χ4v) is 5.59. The van der Waals surface area contributed by atoms with Crippen molar-refractivity contribution in [3.05, 3.63) is 97.1 Å². The van der Waals surface area contributed by atoms with Gasteiger partial charge in [0.15, 0.2) is 23.3 Å². The van der Waals surface area contributed by atoms with E-state index in [0.29, 0.717) is 58.8 Å². The quantitative estimate of drug-likeness (QED) is 0.172. The van der Waals surface area contributed by atoms with Gasteiger partial charge in [0, 0.05) is 43.8 Å². The second-order valence-corrected chi connectivity index (χ2v) is 11.6. The summed E-state index contributed by atoms with van der Waals surface area (Å²) < 4.78 is 0. The molecule has 5 heterocycles. The van der Waals surface area contributed by atoms with Crippen LogP contribution < -0.4 is 0 Å². The first-order chi connectivity index (χ1) is 21.2. The van der Waals surface area contributed by atoms with Crippen LogP contribution in [0.2, 0.25) is 0 Å². The van der Waals surface area contributed by atoms with Crippen molar-refractivity contribution in [3.8, 4) is 45.6 Å². The van der Waals surface area contributed by atoms with Crippen molar-refractivity contribution in [2.75, 3.05) is 0 Å². The predicted molar refractivity (Wildman–Crippen MR) is 168 cm³/mol. The number of halogens is 2. The van der Waals surface area contributed by atoms with E-state index in [2.05, 4.69) is 9.97 Å². The van der Waals surface area contributed by atoms with E-state index in [9.17, 15) is 0 Å². The number of aromatic nitrogens is 8. The molecule has 43 heavy (non-hydrogen) atoms. The van der Waals surface area contributed by atoms with Gasteiger partial charge in [0.25, 0.3) is 0 Å². The molecule has 2 aliphatic heterocycles. The molecule has 0 aliphatic carbocycles. The molecule has 209 valence electrons. The summed E-state index contributed by atoms with van der Waals surface area (Å²) in [6.07, 6.45) is 0. The molecule has 3 aromatic heterocycles. The minimum absolute atomic E-state index is 0.382. The molecule has 0 amide bonds. The Hall–Kier alpha value is -4.67. The van der Waals surface area contributed by atoms with Crippen molar-refractivity contribution in [1.29, 1.82) is 0 Å². The molecule has 0 saturated heterocycles. The maximum atomic E-state index is 5.02. The van der Waals surface area contributed by atoms with Crippen LogP contribution >= 0.6 is 20.3 Å². The van der Waals surface area contributed by atoms with Gasteiger partial charge in [0.2, 0.25) is 0 Å². The van der Waals surface area contributed by atoms with Crippen molar-refractivity contribution < 1.29 is 12.9 Å². The second-order valence-electron chi connectivity index (χ2n) is 9.84. The predicted octanol–water partition coefficient (Wildman–Crippen LogP) is 8.25. The zero-order valence-corrected chi connectivity index (χ0v) is 24.6. The topological polar surface area (TPSA) is 109 Å². The van der Waals surface area contributed by atoms with E-state index in [-0.39, 0.29) is 0 Å². The van der Waals surface area contributed by atoms with Gasteiger partial charge in [-0.3, -0.25) is 0 Å². The Balaban J connectivity index is 0.000000892. The molecule has 0 saturated carbocycles. The maximum Gasteiger partial charge on any atom is 0.164 e. The number of nitrogens with zero attached hydrogens (tertiary/aromatic N) is 6. The first-order valence-corrected chi connectivity index (χ1v) is 16.1. The van der Waals surface area contributed by atoms with E-state index in [1.54, 1.807) is 0 Å². The number of nitrogens with one attached hydrogen (secondary N) is 2. The molecule has 0 unspecified atom stereocenters. The summed E-state index contributed by atoms with van der Waals surface area (Å²) in [5.74, 6) is 2.39. The standard InChI is InChI=1S/C32H18N8.2ClH.Co/c1-2-10-18-17(9-1)25-33-26(18)38-28-21-13-5-6-14-22(21)30(35-28)40-32-24-16-8-7-15-23(24)31(36-32)39-29-20-12-4-3-11-19(20)27(34-29)37-25;;;/h1-16H,(H2,33,34,35,36,37,38,39,40);2*1H;/q;;;+2/p-2. The Morgan fingerprint density at radius 3 is 0.860 bits per heavy atom. The van der Waals surface area contributed by atoms with Gasteiger partial charge in [-0.05, 0) is 0 Å². The van der Waals surface area contributed by atoms with Crippen molar-refractivity contribution in [2.24, 2.45) is 0 Å². The zero-order chi connectivity index (χ0) is 28.9. The molecule has 8 bridgehead atoms. The number of hydrogen-bond donors (Lipinski definition) is 2. The number of fused-ring (bicyclic) bond motifs is 20. The number of rotatable bonds is 0. The SMILES string of the molecule is [Cl][Co][Cl].c1ccc2c(c1)-c1nc-2nc2[nH]c(nc3nc(nc4[nH]c(n1)c1ccccc41)-c1ccccc1-3)c1ccccc21. The molecule has 7 aromatic rings. The monoisotopic (exact) mass is 643 g/mol. The first kappa shape index (κ1) is 26.0. The van der Waals surface area contributed by atoms with Gasteiger partial charge < -0.3 is 9.97 Å². The Labute approximate surface area is 258 Å². The Kier molecular flexibility index (Phi) is 6.38. The van der Waals surface area contributed by atoms with Crippen molar-refractivity contribution in [1.82, 2.24) is 39.9 Å². The van der Waals surface area contributed by atoms with E-state index in [4.69, 9.17) is 50.2 Å². The second kappa shape index (κ2) is 10.6. The third-order valence-electron chi connectivity index (χ3n) is 7.46. The summed E-state index contributed by atoms with van der Waals surface area (Å²) in [4.78, 5) is 36.8. The van der Waals surface area contributed by atoms with Crippen LogP contribution in [0.4, 0.5) is 0 Å². The molecule has 2 aliphatic rings. The van der Waals surface area contributed by atoms with Gasteiger partial charge in [0.1, 0.15) is 22.6 Å². The van der Waals surface area contributed by atoms with E-state index in [1.165, 1.54) is 0 Å². The average Bonchev–Trinajstić information content (AvgIpc) is 3.77. The Morgan fingerprint density at radius 1 is 0.372 bits per heavy atom. The average molecular weight is 644 g/mol. The molecule has 2 N–H and O–H groups in total. The summed E-state index contributed by atoms with van der Waals surface area (Å²) in [5, 5.41) is 3.82. The number of aromatic amines is 2. The molecule has 0 spiro atoms. The van der Waals surface area contributed by atoms with Crippen LogP contribution in [0, 0.1) is 0 Å². The Morgan fingerprint density at radius 2 is 0.605 bits per heavy atom. The van der Waals surface area contributed by atoms with Gasteiger partial charge in [-0.2, -0.15) is 0 Å². The van der Waals surface area contributed by atoms with Gasteiger partial charge in [-0.15, -0.1) is 0 Å². The van der Waals surface area contributed by atoms with Crippen LogP contribution in [0.1, 0.15) is 0 Å². The third kappa shape index (κ3) is 4.36. The summed E-state index contributed by atoms with van der Waals surface area (Å²) in [6, 6.07) is 32.2. The zero-order valence-electron chi connectivity index (χ0n) is 22.0. The van der Waals surface area contributed by atoms with Gasteiger partial charge in [-0.25, -0.2) is 29.9 Å². The molecule has 0 fully saturated rings. The van der Waals surface area contributed by atoms with E-state index < -0.39 is 0 Å². The van der Waals surface area contributed by atoms with E-state index in [0.717, 1.165) is 43.8 Å². The molecular formula is C32H18Cl2CoN8. The summed E-state index contributed by atoms with van der Waals surface area (Å²) >= 11 is 0.382. The van der Waals surface area contributed by atoms with Crippen molar-refractivity contribution in [3.63, 3.8) is 0 Å². The van der Waals surface area contributed by atoms with E-state index >= 15 is 0 Å². The smallest absolute Gasteiger partial charge is 0.164 e. The number of hydrogen-bond acceptors (Lipinski definition) is 6. The van der Waals surface area contributed by atoms with Crippen LogP contribution in [0.15, 0.2) is 97.1 Å². The van der Waals surface area contributed by atoms with Crippen molar-refractivity contribution in [2.45, 2.75) is 0 Å². The van der Waals surface area contributed by atoms with Crippen LogP contribution in [-0.4, -0.2) is 39.9 Å². The normalized spacial score (nSPS) is 11.7. The fourth-order valence-electron chi connectivity index (χ4n) is 5.59. The Bertz CT molecular complexity index is 2060. The molecular weight excluding hydrogens is 626 g/mol. The largest absolute Gasteiger partial charge is 0.324 e. The molecule has 11 heteroatoms. The molecule has 0 radical (unpaired) electrons. The van der Waals surface area contributed by atoms with Crippen LogP contribution in [0.3, 0.4) is 0 Å². The summed E-state index contributed by atoms with van der Waals surface area (Å²) in [6.45, 7) is 0. The summed E-state index contributed by atoms with van der Waals surface area (Å²) in [5.41, 5.74) is 6.45. The fraction of sp³-hybridized carbons (Fsp3) is 0. The minimum Gasteiger partial charge on any atom is -0.324 e. The number of H-pyrrole nitrogens is 2. The molecule has 9 rings (SSSR count). The van der Waals surface area contributed by atoms with Crippen LogP contribution in [0.5, 0.6) is 0 Å². The van der Waals surface area contributed by atoms with Gasteiger partial charge in [-0.1, -0.05) is 97.1 Å². The molecule has 0 atom stereocenters. The van der Waals surface area contributed by atoms with Crippen LogP contribution in [0.25, 0.3) is 89.7 Å². The number of benzene rings is 4. The molecule has 8 nitrogen and oxygen atoms in total. The maximum absolute atomic E-state index is 5.02. The minimum atomic E-state index is 0.382. The first-order valence-electron chi connectivity index (χ1n) is 13.2. The molecule has 4 aromatic carbocycles. The van der Waals surface area contributed by atoms with Crippen molar-refractivity contribution >= 4 is 64.4 Å². The third-order valence-corrected chi connectivity index (χ3v) is 7.46. The van der Waals surface area contributed by atoms with Gasteiger partial charge in [0.05, 0.1) is 0 Å².